The Kier molecular flexibility index (Phi) is 3.06. The van der Waals surface area contributed by atoms with E-state index >= 15 is 0 Å². The smallest absolute Gasteiger partial charge is 0.0646 e. The summed E-state index contributed by atoms with van der Waals surface area (Å²) in [7, 11) is 2.17. The molecule has 88 valence electrons. The molecule has 0 aromatic rings. The Morgan fingerprint density at radius 3 is 2.73 bits per heavy atom. The lowest BCUT2D eigenvalue weighted by Gasteiger charge is -2.47. The summed E-state index contributed by atoms with van der Waals surface area (Å²) in [5.74, 6) is 1.12. The standard InChI is InChI=1S/C12H24N2O/c1-12(2)8-14(3)7-10(11(12)15)9-4-5-13-6-9/h9-11,13,15H,4-8H2,1-3H3. The van der Waals surface area contributed by atoms with Gasteiger partial charge in [0.2, 0.25) is 0 Å². The van der Waals surface area contributed by atoms with Crippen LogP contribution in [-0.2, 0) is 0 Å². The van der Waals surface area contributed by atoms with Crippen LogP contribution in [0.2, 0.25) is 0 Å². The molecule has 3 heteroatoms. The van der Waals surface area contributed by atoms with Gasteiger partial charge in [-0.1, -0.05) is 13.8 Å². The highest BCUT2D eigenvalue weighted by molar-refractivity contribution is 4.95. The fourth-order valence-electron chi connectivity index (χ4n) is 3.34. The van der Waals surface area contributed by atoms with E-state index in [0.717, 1.165) is 26.2 Å². The van der Waals surface area contributed by atoms with Crippen molar-refractivity contribution < 1.29 is 5.11 Å². The van der Waals surface area contributed by atoms with E-state index in [1.807, 2.05) is 0 Å². The molecule has 2 fully saturated rings. The molecule has 2 aliphatic rings. The third-order valence-electron chi connectivity index (χ3n) is 4.11. The van der Waals surface area contributed by atoms with Crippen molar-refractivity contribution >= 4 is 0 Å². The van der Waals surface area contributed by atoms with Gasteiger partial charge in [-0.3, -0.25) is 0 Å². The van der Waals surface area contributed by atoms with Gasteiger partial charge in [0.15, 0.2) is 0 Å². The minimum atomic E-state index is -0.140. The number of nitrogens with zero attached hydrogens (tertiary/aromatic N) is 1. The molecule has 15 heavy (non-hydrogen) atoms. The zero-order valence-corrected chi connectivity index (χ0v) is 10.2. The number of hydrogen-bond acceptors (Lipinski definition) is 3. The van der Waals surface area contributed by atoms with Crippen LogP contribution in [0, 0.1) is 17.3 Å². The first kappa shape index (κ1) is 11.4. The fraction of sp³-hybridized carbons (Fsp3) is 1.00. The van der Waals surface area contributed by atoms with Gasteiger partial charge in [-0.15, -0.1) is 0 Å². The van der Waals surface area contributed by atoms with Crippen LogP contribution in [0.15, 0.2) is 0 Å². The largest absolute Gasteiger partial charge is 0.392 e. The number of aliphatic hydroxyl groups is 1. The van der Waals surface area contributed by atoms with Gasteiger partial charge in [-0.05, 0) is 32.5 Å². The molecule has 0 bridgehead atoms. The third-order valence-corrected chi connectivity index (χ3v) is 4.11. The number of likely N-dealkylation sites (tertiary alicyclic amines) is 1. The zero-order valence-electron chi connectivity index (χ0n) is 10.2. The second-order valence-electron chi connectivity index (χ2n) is 6.05. The maximum Gasteiger partial charge on any atom is 0.0646 e. The summed E-state index contributed by atoms with van der Waals surface area (Å²) >= 11 is 0. The second kappa shape index (κ2) is 4.04. The van der Waals surface area contributed by atoms with Crippen molar-refractivity contribution in [2.75, 3.05) is 33.2 Å². The molecule has 2 aliphatic heterocycles. The number of piperidine rings is 1. The quantitative estimate of drug-likeness (QED) is 0.666. The average Bonchev–Trinajstić information content (AvgIpc) is 2.63. The predicted octanol–water partition coefficient (Wildman–Crippen LogP) is 0.545. The third kappa shape index (κ3) is 2.19. The van der Waals surface area contributed by atoms with Crippen molar-refractivity contribution in [3.63, 3.8) is 0 Å². The molecule has 0 saturated carbocycles. The minimum absolute atomic E-state index is 0.0419. The van der Waals surface area contributed by atoms with E-state index < -0.39 is 0 Å². The highest BCUT2D eigenvalue weighted by atomic mass is 16.3. The highest BCUT2D eigenvalue weighted by Gasteiger charge is 2.43. The molecule has 2 heterocycles. The average molecular weight is 212 g/mol. The zero-order chi connectivity index (χ0) is 11.1. The molecule has 3 nitrogen and oxygen atoms in total. The number of rotatable bonds is 1. The van der Waals surface area contributed by atoms with E-state index in [-0.39, 0.29) is 11.5 Å². The van der Waals surface area contributed by atoms with Crippen molar-refractivity contribution in [2.45, 2.75) is 26.4 Å². The summed E-state index contributed by atoms with van der Waals surface area (Å²) < 4.78 is 0. The molecular weight excluding hydrogens is 188 g/mol. The monoisotopic (exact) mass is 212 g/mol. The van der Waals surface area contributed by atoms with Crippen molar-refractivity contribution in [2.24, 2.45) is 17.3 Å². The van der Waals surface area contributed by atoms with Gasteiger partial charge < -0.3 is 15.3 Å². The Balaban J connectivity index is 2.08. The molecule has 0 amide bonds. The van der Waals surface area contributed by atoms with Crippen LogP contribution in [0.1, 0.15) is 20.3 Å². The van der Waals surface area contributed by atoms with Crippen molar-refractivity contribution in [3.8, 4) is 0 Å². The van der Waals surface area contributed by atoms with Crippen LogP contribution in [-0.4, -0.2) is 49.3 Å². The summed E-state index contributed by atoms with van der Waals surface area (Å²) in [6.45, 7) is 8.64. The minimum Gasteiger partial charge on any atom is -0.392 e. The Hall–Kier alpha value is -0.120. The SMILES string of the molecule is CN1CC(C2CCNC2)C(O)C(C)(C)C1. The van der Waals surface area contributed by atoms with E-state index in [9.17, 15) is 5.11 Å². The summed E-state index contributed by atoms with van der Waals surface area (Å²) in [6.07, 6.45) is 1.09. The lowest BCUT2D eigenvalue weighted by molar-refractivity contribution is -0.0767. The maximum atomic E-state index is 10.4. The van der Waals surface area contributed by atoms with Crippen molar-refractivity contribution in [1.29, 1.82) is 0 Å². The summed E-state index contributed by atoms with van der Waals surface area (Å²) in [4.78, 5) is 2.37. The van der Waals surface area contributed by atoms with Crippen LogP contribution in [0.5, 0.6) is 0 Å². The molecule has 0 spiro atoms. The molecular formula is C12H24N2O. The topological polar surface area (TPSA) is 35.5 Å². The Morgan fingerprint density at radius 1 is 1.40 bits per heavy atom. The van der Waals surface area contributed by atoms with Crippen LogP contribution in [0.3, 0.4) is 0 Å². The molecule has 0 aromatic carbocycles. The lowest BCUT2D eigenvalue weighted by Crippen LogP contribution is -2.55. The van der Waals surface area contributed by atoms with Gasteiger partial charge in [0.1, 0.15) is 0 Å². The fourth-order valence-corrected chi connectivity index (χ4v) is 3.34. The molecule has 3 atom stereocenters. The van der Waals surface area contributed by atoms with Gasteiger partial charge >= 0.3 is 0 Å². The van der Waals surface area contributed by atoms with Gasteiger partial charge in [-0.2, -0.15) is 0 Å². The molecule has 2 rings (SSSR count). The molecule has 3 unspecified atom stereocenters. The Bertz CT molecular complexity index is 224. The number of aliphatic hydroxyl groups excluding tert-OH is 1. The number of hydrogen-bond donors (Lipinski definition) is 2. The number of nitrogens with one attached hydrogen (secondary N) is 1. The molecule has 0 radical (unpaired) electrons. The predicted molar refractivity (Wildman–Crippen MR) is 61.8 cm³/mol. The van der Waals surface area contributed by atoms with Crippen molar-refractivity contribution in [1.82, 2.24) is 10.2 Å². The molecule has 0 aromatic heterocycles. The van der Waals surface area contributed by atoms with E-state index in [0.29, 0.717) is 11.8 Å². The van der Waals surface area contributed by atoms with E-state index in [1.165, 1.54) is 6.42 Å². The van der Waals surface area contributed by atoms with E-state index in [1.54, 1.807) is 0 Å². The van der Waals surface area contributed by atoms with Gasteiger partial charge in [0, 0.05) is 24.4 Å². The lowest BCUT2D eigenvalue weighted by atomic mass is 9.71. The molecule has 0 aliphatic carbocycles. The van der Waals surface area contributed by atoms with Gasteiger partial charge in [0.25, 0.3) is 0 Å². The van der Waals surface area contributed by atoms with Crippen LogP contribution in [0.4, 0.5) is 0 Å². The molecule has 2 N–H and O–H groups in total. The normalized spacial score (nSPS) is 42.0. The summed E-state index contributed by atoms with van der Waals surface area (Å²) in [6, 6.07) is 0. The Labute approximate surface area is 92.8 Å². The molecule has 2 saturated heterocycles. The maximum absolute atomic E-state index is 10.4. The van der Waals surface area contributed by atoms with Crippen LogP contribution in [0.25, 0.3) is 0 Å². The van der Waals surface area contributed by atoms with Crippen LogP contribution < -0.4 is 5.32 Å². The first-order valence-corrected chi connectivity index (χ1v) is 6.08. The van der Waals surface area contributed by atoms with E-state index in [4.69, 9.17) is 0 Å². The first-order valence-electron chi connectivity index (χ1n) is 6.08. The van der Waals surface area contributed by atoms with Gasteiger partial charge in [0.05, 0.1) is 6.10 Å². The van der Waals surface area contributed by atoms with Gasteiger partial charge in [-0.25, -0.2) is 0 Å². The summed E-state index contributed by atoms with van der Waals surface area (Å²) in [5, 5.41) is 13.8. The first-order chi connectivity index (χ1) is 7.00. The van der Waals surface area contributed by atoms with E-state index in [2.05, 4.69) is 31.1 Å². The second-order valence-corrected chi connectivity index (χ2v) is 6.05. The Morgan fingerprint density at radius 2 is 2.13 bits per heavy atom. The highest BCUT2D eigenvalue weighted by Crippen LogP contribution is 2.37. The summed E-state index contributed by atoms with van der Waals surface area (Å²) in [5.41, 5.74) is 0.0419. The van der Waals surface area contributed by atoms with Crippen LogP contribution >= 0.6 is 0 Å². The van der Waals surface area contributed by atoms with Crippen molar-refractivity contribution in [3.05, 3.63) is 0 Å².